The number of nitrogen functional groups attached to an aromatic ring is 1. The number of benzene rings is 3. The van der Waals surface area contributed by atoms with E-state index in [4.69, 9.17) is 33.9 Å². The number of hydrogen-bond acceptors (Lipinski definition) is 5. The molecule has 210 valence electrons. The molecule has 0 bridgehead atoms. The summed E-state index contributed by atoms with van der Waals surface area (Å²) >= 11 is 12.7. The molecule has 7 rings (SSSR count). The minimum Gasteiger partial charge on any atom is -0.478 e. The van der Waals surface area contributed by atoms with Gasteiger partial charge in [0.05, 0.1) is 16.6 Å². The number of halogens is 3. The molecule has 0 aromatic heterocycles. The number of hydrogen-bond donors (Lipinski definition) is 3. The molecule has 0 unspecified atom stereocenters. The second kappa shape index (κ2) is 9.54. The zero-order chi connectivity index (χ0) is 28.6. The molecule has 1 saturated heterocycles. The molecule has 3 aromatic rings. The number of nitrogens with zero attached hydrogens (tertiary/aromatic N) is 2. The number of carboxylic acids is 1. The van der Waals surface area contributed by atoms with E-state index in [2.05, 4.69) is 10.2 Å². The van der Waals surface area contributed by atoms with Gasteiger partial charge in [-0.05, 0) is 67.5 Å². The van der Waals surface area contributed by atoms with Crippen LogP contribution >= 0.6 is 23.2 Å². The van der Waals surface area contributed by atoms with E-state index in [0.717, 1.165) is 18.4 Å². The van der Waals surface area contributed by atoms with E-state index in [1.165, 1.54) is 18.2 Å². The lowest BCUT2D eigenvalue weighted by atomic mass is 9.73. The Hall–Kier alpha value is -3.46. The number of nitrogens with two attached hydrogens (primary N) is 1. The van der Waals surface area contributed by atoms with E-state index in [-0.39, 0.29) is 22.5 Å². The quantitative estimate of drug-likeness (QED) is 0.311. The first-order chi connectivity index (χ1) is 19.7. The lowest BCUT2D eigenvalue weighted by molar-refractivity contribution is -0.128. The summed E-state index contributed by atoms with van der Waals surface area (Å²) in [5.41, 5.74) is 8.58. The maximum atomic E-state index is 16.0. The van der Waals surface area contributed by atoms with Crippen LogP contribution in [-0.2, 0) is 10.3 Å². The molecule has 0 radical (unpaired) electrons. The zero-order valence-corrected chi connectivity index (χ0v) is 23.4. The van der Waals surface area contributed by atoms with Crippen molar-refractivity contribution in [2.24, 2.45) is 10.9 Å². The molecule has 3 heterocycles. The van der Waals surface area contributed by atoms with Crippen molar-refractivity contribution in [2.45, 2.75) is 49.2 Å². The first-order valence-electron chi connectivity index (χ1n) is 13.7. The standard InChI is InChI=1S/C31H27Cl2FN4O3/c32-17-7-9-20-24(13-17)37-30(41)31(20)26(19-2-1-3-21(33)27(19)34)28-25(38(31)14-15-4-5-15)11-10-23(36-28)18-8-6-16(29(39)40)12-22(18)35/h1-3,6-9,12-13,15,25-26,28H,4-5,10-11,14,35H2,(H,37,41)(H,39,40)/t25-,26-,28+,31+/m1/s1. The Morgan fingerprint density at radius 3 is 2.68 bits per heavy atom. The molecular weight excluding hydrogens is 566 g/mol. The van der Waals surface area contributed by atoms with Gasteiger partial charge in [-0.3, -0.25) is 14.7 Å². The van der Waals surface area contributed by atoms with Crippen molar-refractivity contribution in [1.29, 1.82) is 0 Å². The number of carbonyl (C=O) groups excluding carboxylic acids is 1. The van der Waals surface area contributed by atoms with Gasteiger partial charge in [-0.2, -0.15) is 0 Å². The Labute approximate surface area is 246 Å². The average Bonchev–Trinajstić information content (AvgIpc) is 3.66. The van der Waals surface area contributed by atoms with E-state index >= 15 is 4.39 Å². The Balaban J connectivity index is 1.46. The first-order valence-corrected chi connectivity index (χ1v) is 14.5. The van der Waals surface area contributed by atoms with Crippen LogP contribution in [-0.4, -0.2) is 46.2 Å². The van der Waals surface area contributed by atoms with Crippen LogP contribution in [0.15, 0.2) is 59.6 Å². The molecule has 3 aliphatic heterocycles. The SMILES string of the molecule is Nc1cc(C(=O)O)ccc1C1=N[C@H]2[C@@H](CC1)N(CC1CC1)[C@]1(C(=O)Nc3cc(Cl)ccc31)[C@@H]2c1cccc(Cl)c1F. The summed E-state index contributed by atoms with van der Waals surface area (Å²) in [5, 5.41) is 12.9. The van der Waals surface area contributed by atoms with E-state index in [1.54, 1.807) is 30.3 Å². The number of anilines is 2. The highest BCUT2D eigenvalue weighted by Gasteiger charge is 2.68. The topological polar surface area (TPSA) is 108 Å². The highest BCUT2D eigenvalue weighted by Crippen LogP contribution is 2.60. The molecule has 1 saturated carbocycles. The molecule has 2 fully saturated rings. The normalized spacial score (nSPS) is 27.0. The molecule has 1 spiro atoms. The maximum absolute atomic E-state index is 16.0. The molecule has 41 heavy (non-hydrogen) atoms. The highest BCUT2D eigenvalue weighted by molar-refractivity contribution is 6.31. The van der Waals surface area contributed by atoms with E-state index in [0.29, 0.717) is 58.5 Å². The number of fused-ring (bicyclic) bond motifs is 3. The second-order valence-corrected chi connectivity index (χ2v) is 12.3. The number of amides is 1. The summed E-state index contributed by atoms with van der Waals surface area (Å²) in [5.74, 6) is -2.10. The van der Waals surface area contributed by atoms with Crippen molar-refractivity contribution >= 4 is 52.2 Å². The van der Waals surface area contributed by atoms with E-state index in [9.17, 15) is 14.7 Å². The highest BCUT2D eigenvalue weighted by atomic mass is 35.5. The fraction of sp³-hybridized carbons (Fsp3) is 0.323. The largest absolute Gasteiger partial charge is 0.478 e. The van der Waals surface area contributed by atoms with Crippen LogP contribution in [0.4, 0.5) is 15.8 Å². The van der Waals surface area contributed by atoms with Gasteiger partial charge in [0.25, 0.3) is 0 Å². The summed E-state index contributed by atoms with van der Waals surface area (Å²) in [6.45, 7) is 0.690. The summed E-state index contributed by atoms with van der Waals surface area (Å²) in [4.78, 5) is 33.3. The van der Waals surface area contributed by atoms with Gasteiger partial charge in [0, 0.05) is 51.7 Å². The summed E-state index contributed by atoms with van der Waals surface area (Å²) in [6, 6.07) is 14.3. The molecular formula is C31H27Cl2FN4O3. The van der Waals surface area contributed by atoms with Gasteiger partial charge in [0.2, 0.25) is 5.91 Å². The number of carboxylic acid groups (broad SMARTS) is 1. The predicted molar refractivity (Wildman–Crippen MR) is 157 cm³/mol. The monoisotopic (exact) mass is 592 g/mol. The zero-order valence-electron chi connectivity index (χ0n) is 21.9. The Morgan fingerprint density at radius 1 is 1.15 bits per heavy atom. The number of rotatable bonds is 5. The van der Waals surface area contributed by atoms with Crippen molar-refractivity contribution in [1.82, 2.24) is 4.90 Å². The van der Waals surface area contributed by atoms with Gasteiger partial charge < -0.3 is 16.2 Å². The van der Waals surface area contributed by atoms with Gasteiger partial charge in [0.15, 0.2) is 0 Å². The molecule has 4 N–H and O–H groups in total. The third-order valence-corrected chi connectivity index (χ3v) is 9.61. The van der Waals surface area contributed by atoms with Gasteiger partial charge >= 0.3 is 5.97 Å². The van der Waals surface area contributed by atoms with E-state index < -0.39 is 29.3 Å². The van der Waals surface area contributed by atoms with Gasteiger partial charge in [-0.1, -0.05) is 47.5 Å². The van der Waals surface area contributed by atoms with Crippen LogP contribution in [0, 0.1) is 11.7 Å². The van der Waals surface area contributed by atoms with Gasteiger partial charge in [0.1, 0.15) is 11.4 Å². The fourth-order valence-electron chi connectivity index (χ4n) is 7.19. The third-order valence-electron chi connectivity index (χ3n) is 9.09. The van der Waals surface area contributed by atoms with Crippen LogP contribution in [0.3, 0.4) is 0 Å². The number of carbonyl (C=O) groups is 2. The van der Waals surface area contributed by atoms with Gasteiger partial charge in [-0.25, -0.2) is 9.18 Å². The van der Waals surface area contributed by atoms with Crippen molar-refractivity contribution in [3.63, 3.8) is 0 Å². The molecule has 7 nitrogen and oxygen atoms in total. The number of nitrogens with one attached hydrogen (secondary N) is 1. The van der Waals surface area contributed by atoms with Crippen molar-refractivity contribution < 1.29 is 19.1 Å². The molecule has 1 aliphatic carbocycles. The summed E-state index contributed by atoms with van der Waals surface area (Å²) in [7, 11) is 0. The Morgan fingerprint density at radius 2 is 1.95 bits per heavy atom. The first kappa shape index (κ1) is 26.4. The van der Waals surface area contributed by atoms with Gasteiger partial charge in [-0.15, -0.1) is 0 Å². The molecule has 1 amide bonds. The second-order valence-electron chi connectivity index (χ2n) is 11.4. The number of aliphatic imine (C=N–C) groups is 1. The summed E-state index contributed by atoms with van der Waals surface area (Å²) in [6.07, 6.45) is 3.41. The molecule has 10 heteroatoms. The number of aromatic carboxylic acids is 1. The van der Waals surface area contributed by atoms with Crippen molar-refractivity contribution in [2.75, 3.05) is 17.6 Å². The Kier molecular flexibility index (Phi) is 6.15. The Bertz CT molecular complexity index is 1660. The van der Waals surface area contributed by atoms with Crippen molar-refractivity contribution in [3.05, 3.63) is 92.7 Å². The average molecular weight is 593 g/mol. The fourth-order valence-corrected chi connectivity index (χ4v) is 7.54. The molecule has 4 aliphatic rings. The predicted octanol–water partition coefficient (Wildman–Crippen LogP) is 6.09. The lowest BCUT2D eigenvalue weighted by Gasteiger charge is -2.39. The number of likely N-dealkylation sites (tertiary alicyclic amines) is 1. The van der Waals surface area contributed by atoms with Crippen LogP contribution in [0.2, 0.25) is 10.0 Å². The third kappa shape index (κ3) is 3.99. The summed E-state index contributed by atoms with van der Waals surface area (Å²) < 4.78 is 16.0. The van der Waals surface area contributed by atoms with Crippen molar-refractivity contribution in [3.8, 4) is 0 Å². The van der Waals surface area contributed by atoms with Crippen LogP contribution in [0.5, 0.6) is 0 Å². The molecule has 4 atom stereocenters. The van der Waals surface area contributed by atoms with E-state index in [1.807, 2.05) is 6.07 Å². The maximum Gasteiger partial charge on any atom is 0.335 e. The minimum atomic E-state index is -1.22. The minimum absolute atomic E-state index is 0.0157. The lowest BCUT2D eigenvalue weighted by Crippen LogP contribution is -2.52. The van der Waals surface area contributed by atoms with Crippen LogP contribution < -0.4 is 11.1 Å². The smallest absolute Gasteiger partial charge is 0.335 e. The molecule has 3 aromatic carbocycles. The van der Waals surface area contributed by atoms with Crippen LogP contribution in [0.1, 0.15) is 58.6 Å². The van der Waals surface area contributed by atoms with Crippen LogP contribution in [0.25, 0.3) is 0 Å².